The zero-order valence-electron chi connectivity index (χ0n) is 19.1. The Balaban J connectivity index is 2.03. The highest BCUT2D eigenvalue weighted by Gasteiger charge is 2.48. The zero-order chi connectivity index (χ0) is 23.5. The lowest BCUT2D eigenvalue weighted by Crippen LogP contribution is -2.51. The van der Waals surface area contributed by atoms with E-state index in [9.17, 15) is 9.59 Å². The van der Waals surface area contributed by atoms with E-state index in [1.54, 1.807) is 33.3 Å². The van der Waals surface area contributed by atoms with Crippen molar-refractivity contribution in [1.29, 1.82) is 0 Å². The van der Waals surface area contributed by atoms with Gasteiger partial charge in [0.25, 0.3) is 0 Å². The number of ether oxygens (including phenoxy) is 4. The lowest BCUT2D eigenvalue weighted by Gasteiger charge is -2.38. The molecule has 1 amide bonds. The summed E-state index contributed by atoms with van der Waals surface area (Å²) < 4.78 is 23.7. The molecule has 33 heavy (non-hydrogen) atoms. The molecule has 2 heterocycles. The second kappa shape index (κ2) is 9.50. The molecule has 0 radical (unpaired) electrons. The van der Waals surface area contributed by atoms with E-state index in [1.165, 1.54) is 12.0 Å². The molecule has 1 aliphatic rings. The van der Waals surface area contributed by atoms with E-state index in [1.807, 2.05) is 34.9 Å². The molecule has 2 aromatic carbocycles. The van der Waals surface area contributed by atoms with Crippen molar-refractivity contribution in [3.05, 3.63) is 48.0 Å². The number of methoxy groups -OCH3 is 3. The monoisotopic (exact) mass is 453 g/mol. The Morgan fingerprint density at radius 2 is 1.85 bits per heavy atom. The highest BCUT2D eigenvalue weighted by atomic mass is 16.5. The van der Waals surface area contributed by atoms with Crippen molar-refractivity contribution in [2.75, 3.05) is 46.0 Å². The minimum atomic E-state index is -1.15. The van der Waals surface area contributed by atoms with Gasteiger partial charge < -0.3 is 23.5 Å². The van der Waals surface area contributed by atoms with Crippen molar-refractivity contribution in [3.8, 4) is 11.5 Å². The standard InChI is InChI=1S/C24H27N3O6/c1-5-33-23(29)19-20(15-9-8-12-18(31-3)21(15)32-4)27-17-11-7-6-10-16(17)25-24(27)26(22(19)28)13-14-30-2/h6-12,19-20H,5,13-14H2,1-4H3/t19-,20-/m0/s1. The third kappa shape index (κ3) is 3.78. The summed E-state index contributed by atoms with van der Waals surface area (Å²) in [5.74, 6) is -0.771. The number of carbonyl (C=O) groups is 2. The van der Waals surface area contributed by atoms with Gasteiger partial charge in [-0.1, -0.05) is 24.3 Å². The van der Waals surface area contributed by atoms with Crippen molar-refractivity contribution < 1.29 is 28.5 Å². The van der Waals surface area contributed by atoms with Crippen LogP contribution in [0.2, 0.25) is 0 Å². The molecule has 0 N–H and O–H groups in total. The Kier molecular flexibility index (Phi) is 6.50. The molecular formula is C24H27N3O6. The molecule has 0 saturated carbocycles. The van der Waals surface area contributed by atoms with Gasteiger partial charge in [-0.15, -0.1) is 0 Å². The number of amides is 1. The van der Waals surface area contributed by atoms with Crippen molar-refractivity contribution in [2.45, 2.75) is 13.0 Å². The van der Waals surface area contributed by atoms with Gasteiger partial charge in [0, 0.05) is 12.7 Å². The second-order valence-corrected chi connectivity index (χ2v) is 7.51. The summed E-state index contributed by atoms with van der Waals surface area (Å²) >= 11 is 0. The van der Waals surface area contributed by atoms with E-state index in [2.05, 4.69) is 0 Å². The maximum absolute atomic E-state index is 13.8. The molecule has 174 valence electrons. The Labute approximate surface area is 191 Å². The van der Waals surface area contributed by atoms with E-state index in [0.717, 1.165) is 5.52 Å². The van der Waals surface area contributed by atoms with Gasteiger partial charge in [0.05, 0.1) is 51.1 Å². The molecule has 4 rings (SSSR count). The highest BCUT2D eigenvalue weighted by Crippen LogP contribution is 2.46. The van der Waals surface area contributed by atoms with Crippen molar-refractivity contribution in [1.82, 2.24) is 9.55 Å². The van der Waals surface area contributed by atoms with E-state index in [-0.39, 0.29) is 19.8 Å². The maximum Gasteiger partial charge on any atom is 0.321 e. The first kappa shape index (κ1) is 22.6. The van der Waals surface area contributed by atoms with E-state index >= 15 is 0 Å². The van der Waals surface area contributed by atoms with Crippen molar-refractivity contribution >= 4 is 28.9 Å². The fraction of sp³-hybridized carbons (Fsp3) is 0.375. The largest absolute Gasteiger partial charge is 0.493 e. The molecule has 9 heteroatoms. The zero-order valence-corrected chi connectivity index (χ0v) is 19.1. The van der Waals surface area contributed by atoms with Crippen LogP contribution in [0, 0.1) is 5.92 Å². The van der Waals surface area contributed by atoms with Crippen LogP contribution in [-0.4, -0.2) is 62.5 Å². The first-order chi connectivity index (χ1) is 16.1. The van der Waals surface area contributed by atoms with E-state index in [0.29, 0.717) is 28.5 Å². The van der Waals surface area contributed by atoms with Gasteiger partial charge in [-0.3, -0.25) is 14.5 Å². The molecule has 0 spiro atoms. The molecule has 0 aliphatic carbocycles. The molecule has 0 unspecified atom stereocenters. The average Bonchev–Trinajstić information content (AvgIpc) is 3.21. The number of anilines is 1. The Hall–Kier alpha value is -3.59. The van der Waals surface area contributed by atoms with Crippen LogP contribution in [0.25, 0.3) is 11.0 Å². The summed E-state index contributed by atoms with van der Waals surface area (Å²) in [6.45, 7) is 2.40. The van der Waals surface area contributed by atoms with Gasteiger partial charge in [0.1, 0.15) is 0 Å². The predicted octanol–water partition coefficient (Wildman–Crippen LogP) is 2.82. The molecule has 2 atom stereocenters. The summed E-state index contributed by atoms with van der Waals surface area (Å²) in [7, 11) is 4.63. The third-order valence-electron chi connectivity index (χ3n) is 5.76. The number of fused-ring (bicyclic) bond motifs is 3. The Morgan fingerprint density at radius 3 is 2.55 bits per heavy atom. The number of hydrogen-bond acceptors (Lipinski definition) is 7. The SMILES string of the molecule is CCOC(=O)[C@@H]1C(=O)N(CCOC)c2nc3ccccc3n2[C@H]1c1cccc(OC)c1OC. The molecule has 0 bridgehead atoms. The van der Waals surface area contributed by atoms with Gasteiger partial charge in [0.2, 0.25) is 11.9 Å². The number of aromatic nitrogens is 2. The number of hydrogen-bond donors (Lipinski definition) is 0. The summed E-state index contributed by atoms with van der Waals surface area (Å²) in [5.41, 5.74) is 2.12. The predicted molar refractivity (Wildman–Crippen MR) is 122 cm³/mol. The van der Waals surface area contributed by atoms with Crippen molar-refractivity contribution in [3.63, 3.8) is 0 Å². The fourth-order valence-electron chi connectivity index (χ4n) is 4.37. The van der Waals surface area contributed by atoms with Gasteiger partial charge in [-0.25, -0.2) is 4.98 Å². The minimum absolute atomic E-state index is 0.153. The molecule has 3 aromatic rings. The van der Waals surface area contributed by atoms with Crippen LogP contribution in [0.3, 0.4) is 0 Å². The number of esters is 1. The summed E-state index contributed by atoms with van der Waals surface area (Å²) in [5, 5.41) is 0. The Morgan fingerprint density at radius 1 is 1.06 bits per heavy atom. The first-order valence-electron chi connectivity index (χ1n) is 10.7. The average molecular weight is 453 g/mol. The number of rotatable bonds is 8. The van der Waals surface area contributed by atoms with Gasteiger partial charge in [-0.05, 0) is 25.1 Å². The van der Waals surface area contributed by atoms with Crippen LogP contribution >= 0.6 is 0 Å². The topological polar surface area (TPSA) is 92.1 Å². The normalized spacial score (nSPS) is 17.7. The number of carbonyl (C=O) groups excluding carboxylic acids is 2. The lowest BCUT2D eigenvalue weighted by atomic mass is 9.88. The van der Waals surface area contributed by atoms with Crippen LogP contribution in [0.1, 0.15) is 18.5 Å². The lowest BCUT2D eigenvalue weighted by molar-refractivity contribution is -0.153. The second-order valence-electron chi connectivity index (χ2n) is 7.51. The first-order valence-corrected chi connectivity index (χ1v) is 10.7. The van der Waals surface area contributed by atoms with Crippen molar-refractivity contribution in [2.24, 2.45) is 5.92 Å². The highest BCUT2D eigenvalue weighted by molar-refractivity contribution is 6.08. The fourth-order valence-corrected chi connectivity index (χ4v) is 4.37. The summed E-state index contributed by atoms with van der Waals surface area (Å²) in [6.07, 6.45) is 0. The third-order valence-corrected chi connectivity index (χ3v) is 5.76. The van der Waals surface area contributed by atoms with Crippen LogP contribution < -0.4 is 14.4 Å². The van der Waals surface area contributed by atoms with E-state index in [4.69, 9.17) is 23.9 Å². The number of benzene rings is 2. The molecule has 0 fully saturated rings. The van der Waals surface area contributed by atoms with E-state index < -0.39 is 23.8 Å². The molecule has 1 aromatic heterocycles. The Bertz CT molecular complexity index is 1170. The molecule has 0 saturated heterocycles. The number of imidazole rings is 1. The van der Waals surface area contributed by atoms with Gasteiger partial charge >= 0.3 is 5.97 Å². The van der Waals surface area contributed by atoms with Crippen LogP contribution in [0.15, 0.2) is 42.5 Å². The van der Waals surface area contributed by atoms with Gasteiger partial charge in [0.15, 0.2) is 17.4 Å². The molecule has 1 aliphatic heterocycles. The maximum atomic E-state index is 13.8. The minimum Gasteiger partial charge on any atom is -0.493 e. The molecule has 9 nitrogen and oxygen atoms in total. The summed E-state index contributed by atoms with van der Waals surface area (Å²) in [4.78, 5) is 33.2. The quantitative estimate of drug-likeness (QED) is 0.383. The molecular weight excluding hydrogens is 426 g/mol. The number of nitrogens with zero attached hydrogens (tertiary/aromatic N) is 3. The van der Waals surface area contributed by atoms with Crippen LogP contribution in [0.4, 0.5) is 5.95 Å². The smallest absolute Gasteiger partial charge is 0.321 e. The summed E-state index contributed by atoms with van der Waals surface area (Å²) in [6, 6.07) is 12.2. The van der Waals surface area contributed by atoms with Crippen LogP contribution in [0.5, 0.6) is 11.5 Å². The van der Waals surface area contributed by atoms with Crippen LogP contribution in [-0.2, 0) is 19.1 Å². The number of para-hydroxylation sites is 3. The van der Waals surface area contributed by atoms with Gasteiger partial charge in [-0.2, -0.15) is 0 Å².